The van der Waals surface area contributed by atoms with Gasteiger partial charge in [-0.3, -0.25) is 9.78 Å². The minimum atomic E-state index is -0.884. The number of nitriles is 1. The molecule has 6 nitrogen and oxygen atoms in total. The van der Waals surface area contributed by atoms with Crippen LogP contribution in [0.25, 0.3) is 21.8 Å². The normalized spacial score (nSPS) is 10.6. The Balaban J connectivity index is 1.38. The van der Waals surface area contributed by atoms with Crippen molar-refractivity contribution >= 4 is 17.3 Å². The van der Waals surface area contributed by atoms with Gasteiger partial charge in [-0.25, -0.2) is 4.98 Å². The summed E-state index contributed by atoms with van der Waals surface area (Å²) in [5, 5.41) is 19.2. The van der Waals surface area contributed by atoms with Crippen LogP contribution in [0.3, 0.4) is 0 Å². The van der Waals surface area contributed by atoms with Gasteiger partial charge >= 0.3 is 5.97 Å². The van der Waals surface area contributed by atoms with E-state index in [1.807, 2.05) is 55.6 Å². The second kappa shape index (κ2) is 10.7. The molecule has 0 saturated heterocycles. The number of thiazole rings is 1. The van der Waals surface area contributed by atoms with Gasteiger partial charge in [-0.05, 0) is 43.2 Å². The zero-order valence-corrected chi connectivity index (χ0v) is 19.5. The number of aromatic nitrogens is 2. The Labute approximate surface area is 202 Å². The van der Waals surface area contributed by atoms with Crippen LogP contribution in [0.1, 0.15) is 28.1 Å². The Bertz CT molecular complexity index is 1330. The maximum Gasteiger partial charge on any atom is 0.303 e. The second-order valence-corrected chi connectivity index (χ2v) is 8.95. The van der Waals surface area contributed by atoms with Gasteiger partial charge in [0.1, 0.15) is 10.8 Å². The van der Waals surface area contributed by atoms with Crippen LogP contribution in [0.15, 0.2) is 66.9 Å². The lowest BCUT2D eigenvalue weighted by Crippen LogP contribution is -2.04. The highest BCUT2D eigenvalue weighted by atomic mass is 32.1. The third-order valence-corrected chi connectivity index (χ3v) is 6.45. The third kappa shape index (κ3) is 5.66. The fourth-order valence-corrected chi connectivity index (χ4v) is 4.51. The van der Waals surface area contributed by atoms with E-state index in [0.29, 0.717) is 36.3 Å². The van der Waals surface area contributed by atoms with Crippen molar-refractivity contribution in [1.29, 1.82) is 5.26 Å². The molecule has 7 heteroatoms. The lowest BCUT2D eigenvalue weighted by molar-refractivity contribution is -0.136. The maximum atomic E-state index is 10.8. The average Bonchev–Trinajstić information content (AvgIpc) is 3.24. The maximum absolute atomic E-state index is 10.8. The standard InChI is InChI=1S/C27H23N3O3S/c1-18-24(13-14-33-23-10-7-19(9-12-26(31)32)22(15-23)16-28)30-27(34-18)21-8-11-25(29-17-21)20-5-3-2-4-6-20/h2-8,10-11,15,17H,9,12-14H2,1H3,(H,31,32). The Morgan fingerprint density at radius 1 is 1.09 bits per heavy atom. The summed E-state index contributed by atoms with van der Waals surface area (Å²) in [6.45, 7) is 2.47. The van der Waals surface area contributed by atoms with Gasteiger partial charge in [0.25, 0.3) is 0 Å². The number of rotatable bonds is 9. The van der Waals surface area contributed by atoms with E-state index in [2.05, 4.69) is 11.1 Å². The van der Waals surface area contributed by atoms with Crippen molar-refractivity contribution in [2.24, 2.45) is 0 Å². The summed E-state index contributed by atoms with van der Waals surface area (Å²) in [4.78, 5) is 21.3. The first-order valence-corrected chi connectivity index (χ1v) is 11.7. The molecule has 0 aliphatic heterocycles. The number of hydrogen-bond donors (Lipinski definition) is 1. The summed E-state index contributed by atoms with van der Waals surface area (Å²) < 4.78 is 5.85. The van der Waals surface area contributed by atoms with E-state index in [1.54, 1.807) is 29.5 Å². The van der Waals surface area contributed by atoms with Crippen molar-refractivity contribution in [2.45, 2.75) is 26.2 Å². The minimum absolute atomic E-state index is 0.00911. The number of pyridine rings is 1. The van der Waals surface area contributed by atoms with Crippen molar-refractivity contribution in [1.82, 2.24) is 9.97 Å². The smallest absolute Gasteiger partial charge is 0.303 e. The number of aliphatic carboxylic acids is 1. The van der Waals surface area contributed by atoms with Gasteiger partial charge in [0, 0.05) is 35.0 Å². The van der Waals surface area contributed by atoms with Crippen molar-refractivity contribution < 1.29 is 14.6 Å². The van der Waals surface area contributed by atoms with Crippen LogP contribution in [0.5, 0.6) is 5.75 Å². The van der Waals surface area contributed by atoms with E-state index < -0.39 is 5.97 Å². The van der Waals surface area contributed by atoms with Crippen LogP contribution < -0.4 is 4.74 Å². The second-order valence-electron chi connectivity index (χ2n) is 7.74. The number of benzene rings is 2. The van der Waals surface area contributed by atoms with E-state index in [9.17, 15) is 10.1 Å². The van der Waals surface area contributed by atoms with Crippen LogP contribution >= 0.6 is 11.3 Å². The molecule has 0 unspecified atom stereocenters. The molecule has 0 aliphatic carbocycles. The van der Waals surface area contributed by atoms with Gasteiger partial charge in [-0.1, -0.05) is 36.4 Å². The fourth-order valence-electron chi connectivity index (χ4n) is 3.56. The molecule has 34 heavy (non-hydrogen) atoms. The third-order valence-electron chi connectivity index (χ3n) is 5.39. The summed E-state index contributed by atoms with van der Waals surface area (Å²) in [6, 6.07) is 21.4. The van der Waals surface area contributed by atoms with Crippen LogP contribution in [-0.4, -0.2) is 27.7 Å². The summed E-state index contributed by atoms with van der Waals surface area (Å²) in [6.07, 6.45) is 2.81. The molecule has 0 bridgehead atoms. The van der Waals surface area contributed by atoms with Crippen LogP contribution in [0.2, 0.25) is 0 Å². The highest BCUT2D eigenvalue weighted by Crippen LogP contribution is 2.29. The number of carboxylic acids is 1. The fraction of sp³-hybridized carbons (Fsp3) is 0.185. The van der Waals surface area contributed by atoms with Crippen molar-refractivity contribution in [3.8, 4) is 33.6 Å². The molecule has 0 fully saturated rings. The van der Waals surface area contributed by atoms with Crippen LogP contribution in [0, 0.1) is 18.3 Å². The Morgan fingerprint density at radius 2 is 1.91 bits per heavy atom. The summed E-state index contributed by atoms with van der Waals surface area (Å²) >= 11 is 1.63. The summed E-state index contributed by atoms with van der Waals surface area (Å²) in [7, 11) is 0. The Morgan fingerprint density at radius 3 is 2.62 bits per heavy atom. The van der Waals surface area contributed by atoms with Crippen molar-refractivity contribution in [3.05, 3.63) is 88.6 Å². The Kier molecular flexibility index (Phi) is 7.31. The summed E-state index contributed by atoms with van der Waals surface area (Å²) in [5.41, 5.74) is 5.12. The van der Waals surface area contributed by atoms with Gasteiger partial charge < -0.3 is 9.84 Å². The van der Waals surface area contributed by atoms with Gasteiger partial charge in [0.15, 0.2) is 0 Å². The van der Waals surface area contributed by atoms with Gasteiger partial charge in [-0.15, -0.1) is 11.3 Å². The van der Waals surface area contributed by atoms with Gasteiger partial charge in [0.05, 0.1) is 29.6 Å². The first-order chi connectivity index (χ1) is 16.5. The molecule has 0 aliphatic rings. The number of ether oxygens (including phenoxy) is 1. The lowest BCUT2D eigenvalue weighted by atomic mass is 10.0. The number of nitrogens with zero attached hydrogens (tertiary/aromatic N) is 3. The highest BCUT2D eigenvalue weighted by Gasteiger charge is 2.12. The van der Waals surface area contributed by atoms with Crippen LogP contribution in [0.4, 0.5) is 0 Å². The van der Waals surface area contributed by atoms with E-state index in [0.717, 1.165) is 32.4 Å². The Hall–Kier alpha value is -4.02. The van der Waals surface area contributed by atoms with Gasteiger partial charge in [0.2, 0.25) is 0 Å². The molecule has 4 aromatic rings. The monoisotopic (exact) mass is 469 g/mol. The van der Waals surface area contributed by atoms with E-state index >= 15 is 0 Å². The molecule has 2 aromatic carbocycles. The van der Waals surface area contributed by atoms with Gasteiger partial charge in [-0.2, -0.15) is 5.26 Å². The first-order valence-electron chi connectivity index (χ1n) is 10.9. The molecular formula is C27H23N3O3S. The largest absolute Gasteiger partial charge is 0.493 e. The first kappa shape index (κ1) is 23.1. The van der Waals surface area contributed by atoms with Crippen molar-refractivity contribution in [2.75, 3.05) is 6.61 Å². The number of hydrogen-bond acceptors (Lipinski definition) is 6. The zero-order chi connectivity index (χ0) is 23.9. The predicted octanol–water partition coefficient (Wildman–Crippen LogP) is 5.69. The topological polar surface area (TPSA) is 96.1 Å². The molecule has 0 saturated carbocycles. The molecular weight excluding hydrogens is 446 g/mol. The molecule has 0 amide bonds. The molecule has 1 N–H and O–H groups in total. The quantitative estimate of drug-likeness (QED) is 0.338. The zero-order valence-electron chi connectivity index (χ0n) is 18.7. The number of aryl methyl sites for hydroxylation is 2. The number of carboxylic acid groups (broad SMARTS) is 1. The molecule has 0 atom stereocenters. The molecule has 170 valence electrons. The highest BCUT2D eigenvalue weighted by molar-refractivity contribution is 7.15. The van der Waals surface area contributed by atoms with E-state index in [1.165, 1.54) is 0 Å². The summed E-state index contributed by atoms with van der Waals surface area (Å²) in [5.74, 6) is -0.297. The number of carbonyl (C=O) groups is 1. The lowest BCUT2D eigenvalue weighted by Gasteiger charge is -2.08. The average molecular weight is 470 g/mol. The molecule has 2 heterocycles. The van der Waals surface area contributed by atoms with E-state index in [4.69, 9.17) is 14.8 Å². The predicted molar refractivity (Wildman–Crippen MR) is 132 cm³/mol. The van der Waals surface area contributed by atoms with Crippen molar-refractivity contribution in [3.63, 3.8) is 0 Å². The SMILES string of the molecule is Cc1sc(-c2ccc(-c3ccccc3)nc2)nc1CCOc1ccc(CCC(=O)O)c(C#N)c1. The molecule has 0 spiro atoms. The van der Waals surface area contributed by atoms with E-state index in [-0.39, 0.29) is 6.42 Å². The molecule has 2 aromatic heterocycles. The molecule has 0 radical (unpaired) electrons. The van der Waals surface area contributed by atoms with Crippen LogP contribution in [-0.2, 0) is 17.6 Å². The molecule has 4 rings (SSSR count). The minimum Gasteiger partial charge on any atom is -0.493 e.